The number of hydrogen-bond donors (Lipinski definition) is 2. The second-order valence-electron chi connectivity index (χ2n) is 7.54. The van der Waals surface area contributed by atoms with E-state index in [1.54, 1.807) is 18.2 Å². The highest BCUT2D eigenvalue weighted by Crippen LogP contribution is 2.24. The predicted octanol–water partition coefficient (Wildman–Crippen LogP) is 3.64. The molecule has 2 aromatic carbocycles. The lowest BCUT2D eigenvalue weighted by atomic mass is 10.1. The smallest absolute Gasteiger partial charge is 0.272 e. The van der Waals surface area contributed by atoms with Crippen LogP contribution in [-0.4, -0.2) is 59.8 Å². The molecule has 0 saturated carbocycles. The number of benzene rings is 2. The molecule has 30 heavy (non-hydrogen) atoms. The lowest BCUT2D eigenvalue weighted by Gasteiger charge is -2.32. The minimum Gasteiger partial charge on any atom is -0.350 e. The molecule has 6 nitrogen and oxygen atoms in total. The van der Waals surface area contributed by atoms with Gasteiger partial charge in [0.05, 0.1) is 11.9 Å². The van der Waals surface area contributed by atoms with Crippen molar-refractivity contribution in [2.75, 3.05) is 38.5 Å². The van der Waals surface area contributed by atoms with Gasteiger partial charge in [-0.2, -0.15) is 0 Å². The highest BCUT2D eigenvalue weighted by atomic mass is 79.9. The number of hydrogen-bond acceptors (Lipinski definition) is 3. The molecular formula is C22H22BrFN4O2. The summed E-state index contributed by atoms with van der Waals surface area (Å²) in [5, 5.41) is 3.16. The van der Waals surface area contributed by atoms with Gasteiger partial charge in [-0.25, -0.2) is 4.39 Å². The van der Waals surface area contributed by atoms with Gasteiger partial charge in [0.15, 0.2) is 0 Å². The van der Waals surface area contributed by atoms with E-state index in [1.165, 1.54) is 12.1 Å². The Kier molecular flexibility index (Phi) is 5.87. The normalized spacial score (nSPS) is 14.8. The van der Waals surface area contributed by atoms with Crippen LogP contribution in [-0.2, 0) is 11.2 Å². The molecule has 2 amide bonds. The molecule has 156 valence electrons. The summed E-state index contributed by atoms with van der Waals surface area (Å²) in [6.45, 7) is 3.30. The van der Waals surface area contributed by atoms with E-state index in [4.69, 9.17) is 0 Å². The molecule has 1 fully saturated rings. The fourth-order valence-corrected chi connectivity index (χ4v) is 3.96. The van der Waals surface area contributed by atoms with Gasteiger partial charge in [-0.15, -0.1) is 0 Å². The van der Waals surface area contributed by atoms with Crippen LogP contribution in [0.5, 0.6) is 0 Å². The number of anilines is 1. The van der Waals surface area contributed by atoms with Crippen molar-refractivity contribution in [2.45, 2.75) is 6.42 Å². The Morgan fingerprint density at radius 2 is 1.80 bits per heavy atom. The van der Waals surface area contributed by atoms with E-state index < -0.39 is 5.82 Å². The first-order valence-corrected chi connectivity index (χ1v) is 10.5. The van der Waals surface area contributed by atoms with Crippen LogP contribution in [0.3, 0.4) is 0 Å². The number of nitrogens with zero attached hydrogens (tertiary/aromatic N) is 2. The molecule has 1 aromatic heterocycles. The van der Waals surface area contributed by atoms with Crippen LogP contribution in [0.15, 0.2) is 46.9 Å². The van der Waals surface area contributed by atoms with Gasteiger partial charge in [0.2, 0.25) is 5.91 Å². The first-order valence-electron chi connectivity index (χ1n) is 9.73. The molecule has 2 N–H and O–H groups in total. The number of halogens is 2. The number of carbonyl (C=O) groups is 2. The summed E-state index contributed by atoms with van der Waals surface area (Å²) in [4.78, 5) is 32.0. The Balaban J connectivity index is 1.39. The summed E-state index contributed by atoms with van der Waals surface area (Å²) in [7, 11) is 2.06. The minimum atomic E-state index is -0.399. The van der Waals surface area contributed by atoms with Crippen molar-refractivity contribution >= 4 is 44.3 Å². The molecule has 8 heteroatoms. The zero-order valence-corrected chi connectivity index (χ0v) is 18.1. The molecule has 0 radical (unpaired) electrons. The van der Waals surface area contributed by atoms with Gasteiger partial charge in [-0.05, 0) is 42.9 Å². The Morgan fingerprint density at radius 1 is 1.10 bits per heavy atom. The zero-order chi connectivity index (χ0) is 21.3. The van der Waals surface area contributed by atoms with E-state index in [0.29, 0.717) is 27.5 Å². The van der Waals surface area contributed by atoms with Crippen LogP contribution in [0.4, 0.5) is 10.1 Å². The van der Waals surface area contributed by atoms with Crippen LogP contribution in [0.25, 0.3) is 10.9 Å². The van der Waals surface area contributed by atoms with E-state index in [2.05, 4.69) is 38.2 Å². The van der Waals surface area contributed by atoms with Crippen molar-refractivity contribution in [3.63, 3.8) is 0 Å². The molecule has 0 bridgehead atoms. The summed E-state index contributed by atoms with van der Waals surface area (Å²) in [5.74, 6) is -0.641. The van der Waals surface area contributed by atoms with Crippen molar-refractivity contribution in [3.05, 3.63) is 64.0 Å². The maximum absolute atomic E-state index is 14.0. The van der Waals surface area contributed by atoms with E-state index in [1.807, 2.05) is 17.0 Å². The molecule has 1 aliphatic heterocycles. The first-order chi connectivity index (χ1) is 14.4. The number of rotatable bonds is 4. The van der Waals surface area contributed by atoms with Crippen molar-refractivity contribution < 1.29 is 14.0 Å². The fourth-order valence-electron chi connectivity index (χ4n) is 3.53. The van der Waals surface area contributed by atoms with Gasteiger partial charge in [0.25, 0.3) is 5.91 Å². The van der Waals surface area contributed by atoms with Crippen LogP contribution in [0.2, 0.25) is 0 Å². The molecule has 3 aromatic rings. The van der Waals surface area contributed by atoms with Gasteiger partial charge < -0.3 is 20.1 Å². The molecule has 0 atom stereocenters. The summed E-state index contributed by atoms with van der Waals surface area (Å²) in [5.41, 5.74) is 2.33. The highest BCUT2D eigenvalue weighted by molar-refractivity contribution is 9.10. The van der Waals surface area contributed by atoms with Crippen molar-refractivity contribution in [2.24, 2.45) is 0 Å². The van der Waals surface area contributed by atoms with Crippen LogP contribution in [0.1, 0.15) is 16.1 Å². The predicted molar refractivity (Wildman–Crippen MR) is 118 cm³/mol. The third-order valence-electron chi connectivity index (χ3n) is 5.32. The number of nitrogens with one attached hydrogen (secondary N) is 2. The number of aromatic amines is 1. The van der Waals surface area contributed by atoms with Crippen molar-refractivity contribution in [3.8, 4) is 0 Å². The Bertz CT molecular complexity index is 1090. The Morgan fingerprint density at radius 3 is 2.50 bits per heavy atom. The van der Waals surface area contributed by atoms with Gasteiger partial charge in [-0.3, -0.25) is 9.59 Å². The summed E-state index contributed by atoms with van der Waals surface area (Å²) >= 11 is 3.25. The van der Waals surface area contributed by atoms with Crippen molar-refractivity contribution in [1.29, 1.82) is 0 Å². The average Bonchev–Trinajstić information content (AvgIpc) is 3.14. The molecule has 0 unspecified atom stereocenters. The second kappa shape index (κ2) is 8.57. The summed E-state index contributed by atoms with van der Waals surface area (Å²) < 4.78 is 14.6. The SMILES string of the molecule is CN1CCN(C(=O)Cc2ccc(NC(=O)c3cc4c(F)cc(Br)cc4[nH]3)cc2)CC1. The summed E-state index contributed by atoms with van der Waals surface area (Å²) in [6.07, 6.45) is 0.341. The van der Waals surface area contributed by atoms with Crippen LogP contribution in [0, 0.1) is 5.82 Å². The van der Waals surface area contributed by atoms with Crippen LogP contribution < -0.4 is 5.32 Å². The van der Waals surface area contributed by atoms with Gasteiger partial charge in [-0.1, -0.05) is 28.1 Å². The maximum Gasteiger partial charge on any atom is 0.272 e. The van der Waals surface area contributed by atoms with Gasteiger partial charge in [0.1, 0.15) is 11.5 Å². The largest absolute Gasteiger partial charge is 0.350 e. The molecule has 1 saturated heterocycles. The van der Waals surface area contributed by atoms with E-state index in [-0.39, 0.29) is 17.5 Å². The summed E-state index contributed by atoms with van der Waals surface area (Å²) in [6, 6.07) is 11.8. The number of amides is 2. The lowest BCUT2D eigenvalue weighted by molar-refractivity contribution is -0.132. The van der Waals surface area contributed by atoms with Gasteiger partial charge >= 0.3 is 0 Å². The molecule has 0 spiro atoms. The highest BCUT2D eigenvalue weighted by Gasteiger charge is 2.19. The number of aromatic nitrogens is 1. The fraction of sp³-hybridized carbons (Fsp3) is 0.273. The zero-order valence-electron chi connectivity index (χ0n) is 16.5. The Hall–Kier alpha value is -2.71. The first kappa shape index (κ1) is 20.6. The number of carbonyl (C=O) groups excluding carboxylic acids is 2. The molecule has 1 aliphatic rings. The van der Waals surface area contributed by atoms with E-state index in [0.717, 1.165) is 31.7 Å². The molecule has 4 rings (SSSR count). The lowest BCUT2D eigenvalue weighted by Crippen LogP contribution is -2.47. The van der Waals surface area contributed by atoms with Gasteiger partial charge in [0, 0.05) is 41.7 Å². The van der Waals surface area contributed by atoms with E-state index >= 15 is 0 Å². The molecular weight excluding hydrogens is 451 g/mol. The molecule has 0 aliphatic carbocycles. The Labute approximate surface area is 182 Å². The van der Waals surface area contributed by atoms with Crippen LogP contribution >= 0.6 is 15.9 Å². The number of likely N-dealkylation sites (N-methyl/N-ethyl adjacent to an activating group) is 1. The molecule has 2 heterocycles. The number of fused-ring (bicyclic) bond motifs is 1. The van der Waals surface area contributed by atoms with E-state index in [9.17, 15) is 14.0 Å². The number of piperazine rings is 1. The third-order valence-corrected chi connectivity index (χ3v) is 5.78. The maximum atomic E-state index is 14.0. The van der Waals surface area contributed by atoms with Crippen molar-refractivity contribution in [1.82, 2.24) is 14.8 Å². The number of H-pyrrole nitrogens is 1. The quantitative estimate of drug-likeness (QED) is 0.608. The average molecular weight is 473 g/mol. The monoisotopic (exact) mass is 472 g/mol. The minimum absolute atomic E-state index is 0.117. The third kappa shape index (κ3) is 4.55. The second-order valence-corrected chi connectivity index (χ2v) is 8.46. The standard InChI is InChI=1S/C22H22BrFN4O2/c1-27-6-8-28(9-7-27)21(29)10-14-2-4-16(5-3-14)25-22(30)20-13-17-18(24)11-15(23)12-19(17)26-20/h2-5,11-13,26H,6-10H2,1H3,(H,25,30). The topological polar surface area (TPSA) is 68.4 Å².